The highest BCUT2D eigenvalue weighted by molar-refractivity contribution is 7.99. The standard InChI is InChI=1S/C15H22N2O2S/c1-3-5-9-20-11-15(19)17-13-8-6-7-12(10-13)16-14(18)4-2/h6-8,10H,3-5,9,11H2,1-2H3,(H,16,18)(H,17,19). The molecule has 1 aromatic carbocycles. The van der Waals surface area contributed by atoms with Gasteiger partial charge in [-0.25, -0.2) is 0 Å². The minimum absolute atomic E-state index is 0.00919. The Morgan fingerprint density at radius 3 is 2.35 bits per heavy atom. The summed E-state index contributed by atoms with van der Waals surface area (Å²) in [6.07, 6.45) is 2.72. The molecule has 0 aliphatic heterocycles. The molecule has 0 fully saturated rings. The molecule has 0 aliphatic carbocycles. The lowest BCUT2D eigenvalue weighted by Gasteiger charge is -2.08. The van der Waals surface area contributed by atoms with Crippen molar-refractivity contribution in [3.05, 3.63) is 24.3 Å². The van der Waals surface area contributed by atoms with Crippen molar-refractivity contribution in [2.75, 3.05) is 22.1 Å². The minimum atomic E-state index is -0.0383. The first kappa shape index (κ1) is 16.6. The summed E-state index contributed by atoms with van der Waals surface area (Å²) in [6, 6.07) is 7.20. The molecule has 0 bridgehead atoms. The van der Waals surface area contributed by atoms with Gasteiger partial charge in [0.15, 0.2) is 0 Å². The molecule has 5 heteroatoms. The van der Waals surface area contributed by atoms with Crippen molar-refractivity contribution < 1.29 is 9.59 Å². The summed E-state index contributed by atoms with van der Waals surface area (Å²) in [6.45, 7) is 3.94. The monoisotopic (exact) mass is 294 g/mol. The number of hydrogen-bond acceptors (Lipinski definition) is 3. The molecule has 4 nitrogen and oxygen atoms in total. The van der Waals surface area contributed by atoms with E-state index in [0.717, 1.165) is 18.6 Å². The molecule has 0 aromatic heterocycles. The first-order valence-electron chi connectivity index (χ1n) is 6.93. The SMILES string of the molecule is CCCCSCC(=O)Nc1cccc(NC(=O)CC)c1. The van der Waals surface area contributed by atoms with E-state index in [1.807, 2.05) is 12.1 Å². The van der Waals surface area contributed by atoms with E-state index >= 15 is 0 Å². The van der Waals surface area contributed by atoms with Crippen LogP contribution < -0.4 is 10.6 Å². The average molecular weight is 294 g/mol. The van der Waals surface area contributed by atoms with E-state index < -0.39 is 0 Å². The molecule has 0 aliphatic rings. The molecule has 1 aromatic rings. The van der Waals surface area contributed by atoms with Gasteiger partial charge in [-0.05, 0) is 30.4 Å². The third-order valence-corrected chi connectivity index (χ3v) is 3.67. The Kier molecular flexibility index (Phi) is 7.80. The zero-order chi connectivity index (χ0) is 14.8. The van der Waals surface area contributed by atoms with Crippen LogP contribution in [0.25, 0.3) is 0 Å². The smallest absolute Gasteiger partial charge is 0.234 e. The van der Waals surface area contributed by atoms with Crippen molar-refractivity contribution in [1.29, 1.82) is 0 Å². The fourth-order valence-corrected chi connectivity index (χ4v) is 2.43. The van der Waals surface area contributed by atoms with Gasteiger partial charge in [0.25, 0.3) is 0 Å². The maximum atomic E-state index is 11.7. The van der Waals surface area contributed by atoms with E-state index in [1.165, 1.54) is 0 Å². The van der Waals surface area contributed by atoms with E-state index in [4.69, 9.17) is 0 Å². The van der Waals surface area contributed by atoms with Crippen LogP contribution in [0, 0.1) is 0 Å². The molecule has 0 atom stereocenters. The maximum absolute atomic E-state index is 11.7. The van der Waals surface area contributed by atoms with Gasteiger partial charge in [-0.1, -0.05) is 26.3 Å². The minimum Gasteiger partial charge on any atom is -0.326 e. The highest BCUT2D eigenvalue weighted by atomic mass is 32.2. The van der Waals surface area contributed by atoms with E-state index in [1.54, 1.807) is 30.8 Å². The molecule has 0 radical (unpaired) electrons. The third-order valence-electron chi connectivity index (χ3n) is 2.63. The van der Waals surface area contributed by atoms with Gasteiger partial charge in [0.2, 0.25) is 11.8 Å². The lowest BCUT2D eigenvalue weighted by Crippen LogP contribution is -2.15. The quantitative estimate of drug-likeness (QED) is 0.721. The molecule has 2 amide bonds. The van der Waals surface area contributed by atoms with E-state index in [0.29, 0.717) is 23.5 Å². The maximum Gasteiger partial charge on any atom is 0.234 e. The lowest BCUT2D eigenvalue weighted by atomic mass is 10.2. The van der Waals surface area contributed by atoms with Gasteiger partial charge < -0.3 is 10.6 Å². The first-order chi connectivity index (χ1) is 9.65. The Hall–Kier alpha value is -1.49. The highest BCUT2D eigenvalue weighted by Gasteiger charge is 2.04. The van der Waals surface area contributed by atoms with E-state index in [9.17, 15) is 9.59 Å². The number of amides is 2. The number of unbranched alkanes of at least 4 members (excludes halogenated alkanes) is 1. The van der Waals surface area contributed by atoms with Crippen LogP contribution in [0.2, 0.25) is 0 Å². The van der Waals surface area contributed by atoms with Crippen molar-refractivity contribution in [2.45, 2.75) is 33.1 Å². The number of carbonyl (C=O) groups is 2. The van der Waals surface area contributed by atoms with Crippen LogP contribution in [-0.4, -0.2) is 23.3 Å². The Bertz CT molecular complexity index is 449. The highest BCUT2D eigenvalue weighted by Crippen LogP contribution is 2.16. The Morgan fingerprint density at radius 1 is 1.10 bits per heavy atom. The summed E-state index contributed by atoms with van der Waals surface area (Å²) >= 11 is 1.64. The molecular weight excluding hydrogens is 272 g/mol. The lowest BCUT2D eigenvalue weighted by molar-refractivity contribution is -0.116. The summed E-state index contributed by atoms with van der Waals surface area (Å²) in [5.41, 5.74) is 1.41. The number of carbonyl (C=O) groups excluding carboxylic acids is 2. The van der Waals surface area contributed by atoms with Crippen molar-refractivity contribution in [3.8, 4) is 0 Å². The van der Waals surface area contributed by atoms with Crippen LogP contribution in [0.1, 0.15) is 33.1 Å². The molecule has 110 valence electrons. The summed E-state index contributed by atoms with van der Waals surface area (Å²) in [5.74, 6) is 1.43. The molecule has 0 heterocycles. The molecule has 0 saturated heterocycles. The molecule has 20 heavy (non-hydrogen) atoms. The topological polar surface area (TPSA) is 58.2 Å². The van der Waals surface area contributed by atoms with Gasteiger partial charge in [-0.15, -0.1) is 0 Å². The van der Waals surface area contributed by atoms with E-state index in [2.05, 4.69) is 17.6 Å². The van der Waals surface area contributed by atoms with Crippen molar-refractivity contribution >= 4 is 35.0 Å². The Balaban J connectivity index is 2.45. The Morgan fingerprint density at radius 2 is 1.75 bits per heavy atom. The zero-order valence-corrected chi connectivity index (χ0v) is 12.9. The third kappa shape index (κ3) is 6.61. The second-order valence-electron chi connectivity index (χ2n) is 4.44. The molecule has 1 rings (SSSR count). The van der Waals surface area contributed by atoms with Crippen LogP contribution in [0.15, 0.2) is 24.3 Å². The number of hydrogen-bond donors (Lipinski definition) is 2. The summed E-state index contributed by atoms with van der Waals surface area (Å²) in [7, 11) is 0. The summed E-state index contributed by atoms with van der Waals surface area (Å²) < 4.78 is 0. The van der Waals surface area contributed by atoms with Gasteiger partial charge in [-0.3, -0.25) is 9.59 Å². The normalized spacial score (nSPS) is 10.1. The largest absolute Gasteiger partial charge is 0.326 e. The predicted molar refractivity (Wildman–Crippen MR) is 86.2 cm³/mol. The first-order valence-corrected chi connectivity index (χ1v) is 8.08. The second-order valence-corrected chi connectivity index (χ2v) is 5.54. The molecule has 0 saturated carbocycles. The van der Waals surface area contributed by atoms with Crippen LogP contribution in [0.5, 0.6) is 0 Å². The van der Waals surface area contributed by atoms with Gasteiger partial charge in [0, 0.05) is 17.8 Å². The Labute approximate surface area is 124 Å². The van der Waals surface area contributed by atoms with Crippen LogP contribution in [-0.2, 0) is 9.59 Å². The molecule has 0 unspecified atom stereocenters. The fourth-order valence-electron chi connectivity index (χ4n) is 1.53. The van der Waals surface area contributed by atoms with Gasteiger partial charge in [0.1, 0.15) is 0 Å². The number of benzene rings is 1. The predicted octanol–water partition coefficient (Wildman–Crippen LogP) is 3.51. The molecule has 2 N–H and O–H groups in total. The zero-order valence-electron chi connectivity index (χ0n) is 12.1. The molecular formula is C15H22N2O2S. The number of rotatable bonds is 8. The average Bonchev–Trinajstić information content (AvgIpc) is 2.44. The summed E-state index contributed by atoms with van der Waals surface area (Å²) in [4.78, 5) is 23.1. The van der Waals surface area contributed by atoms with Crippen LogP contribution in [0.3, 0.4) is 0 Å². The van der Waals surface area contributed by atoms with Crippen molar-refractivity contribution in [3.63, 3.8) is 0 Å². The number of thioether (sulfide) groups is 1. The van der Waals surface area contributed by atoms with Crippen molar-refractivity contribution in [2.24, 2.45) is 0 Å². The van der Waals surface area contributed by atoms with Gasteiger partial charge >= 0.3 is 0 Å². The molecule has 0 spiro atoms. The fraction of sp³-hybridized carbons (Fsp3) is 0.467. The second kappa shape index (κ2) is 9.42. The summed E-state index contributed by atoms with van der Waals surface area (Å²) in [5, 5.41) is 5.61. The van der Waals surface area contributed by atoms with Crippen LogP contribution in [0.4, 0.5) is 11.4 Å². The van der Waals surface area contributed by atoms with Gasteiger partial charge in [-0.2, -0.15) is 11.8 Å². The van der Waals surface area contributed by atoms with Crippen molar-refractivity contribution in [1.82, 2.24) is 0 Å². The van der Waals surface area contributed by atoms with E-state index in [-0.39, 0.29) is 11.8 Å². The van der Waals surface area contributed by atoms with Crippen LogP contribution >= 0.6 is 11.8 Å². The number of anilines is 2. The number of nitrogens with one attached hydrogen (secondary N) is 2. The van der Waals surface area contributed by atoms with Gasteiger partial charge in [0.05, 0.1) is 5.75 Å².